The van der Waals surface area contributed by atoms with Crippen LogP contribution in [0.4, 0.5) is 5.69 Å². The highest BCUT2D eigenvalue weighted by Gasteiger charge is 1.99. The van der Waals surface area contributed by atoms with Crippen molar-refractivity contribution in [1.29, 1.82) is 0 Å². The van der Waals surface area contributed by atoms with Crippen molar-refractivity contribution in [2.24, 2.45) is 10.7 Å². The van der Waals surface area contributed by atoms with Crippen LogP contribution in [0.3, 0.4) is 0 Å². The fraction of sp³-hybridized carbons (Fsp3) is 0.294. The minimum atomic E-state index is 0. The van der Waals surface area contributed by atoms with E-state index in [1.165, 1.54) is 0 Å². The molecule has 2 aromatic rings. The summed E-state index contributed by atoms with van der Waals surface area (Å²) in [6.07, 6.45) is 2.70. The van der Waals surface area contributed by atoms with E-state index < -0.39 is 0 Å². The number of aliphatic imine (C=N–C) groups is 1. The summed E-state index contributed by atoms with van der Waals surface area (Å²) in [5.74, 6) is 1.72. The molecule has 0 aliphatic rings. The second-order valence-corrected chi connectivity index (χ2v) is 4.91. The summed E-state index contributed by atoms with van der Waals surface area (Å²) in [4.78, 5) is 8.53. The van der Waals surface area contributed by atoms with Crippen LogP contribution in [-0.2, 0) is 6.54 Å². The maximum Gasteiger partial charge on any atom is 0.213 e. The van der Waals surface area contributed by atoms with Crippen LogP contribution in [0.25, 0.3) is 0 Å². The molecule has 1 heterocycles. The Bertz CT molecular complexity index is 647. The molecule has 0 bridgehead atoms. The van der Waals surface area contributed by atoms with Gasteiger partial charge in [-0.05, 0) is 24.1 Å². The number of benzene rings is 1. The van der Waals surface area contributed by atoms with Crippen LogP contribution >= 0.6 is 24.0 Å². The Morgan fingerprint density at radius 3 is 2.79 bits per heavy atom. The lowest BCUT2D eigenvalue weighted by atomic mass is 10.3. The molecule has 0 amide bonds. The maximum absolute atomic E-state index is 5.89. The molecule has 0 aliphatic carbocycles. The van der Waals surface area contributed by atoms with Crippen molar-refractivity contribution in [1.82, 2.24) is 4.98 Å². The van der Waals surface area contributed by atoms with Crippen molar-refractivity contribution in [2.45, 2.75) is 19.9 Å². The standard InChI is InChI=1S/C17H22N4O2.HI/c1-3-9-23-16-8-7-13(11-19-16)12-20-17(18)21-14-5-4-6-15(10-14)22-2;/h4-8,10-11H,3,9,12H2,1-2H3,(H3,18,20,21);1H. The van der Waals surface area contributed by atoms with Gasteiger partial charge in [-0.3, -0.25) is 0 Å². The Hall–Kier alpha value is -2.03. The third kappa shape index (κ3) is 6.61. The Kier molecular flexibility index (Phi) is 8.92. The molecule has 0 aliphatic heterocycles. The number of methoxy groups -OCH3 is 1. The Labute approximate surface area is 159 Å². The highest BCUT2D eigenvalue weighted by Crippen LogP contribution is 2.16. The summed E-state index contributed by atoms with van der Waals surface area (Å²) in [6, 6.07) is 11.3. The van der Waals surface area contributed by atoms with Gasteiger partial charge in [-0.25, -0.2) is 9.98 Å². The molecule has 3 N–H and O–H groups in total. The molecule has 6 nitrogen and oxygen atoms in total. The second-order valence-electron chi connectivity index (χ2n) is 4.91. The van der Waals surface area contributed by atoms with Gasteiger partial charge in [-0.1, -0.05) is 19.1 Å². The number of hydrogen-bond donors (Lipinski definition) is 2. The number of rotatable bonds is 7. The van der Waals surface area contributed by atoms with Crippen molar-refractivity contribution >= 4 is 35.6 Å². The van der Waals surface area contributed by atoms with E-state index in [2.05, 4.69) is 22.2 Å². The molecule has 0 atom stereocenters. The average molecular weight is 442 g/mol. The maximum atomic E-state index is 5.89. The smallest absolute Gasteiger partial charge is 0.213 e. The largest absolute Gasteiger partial charge is 0.497 e. The van der Waals surface area contributed by atoms with Gasteiger partial charge in [-0.15, -0.1) is 24.0 Å². The Morgan fingerprint density at radius 1 is 1.29 bits per heavy atom. The first-order valence-electron chi connectivity index (χ1n) is 7.50. The molecule has 1 aromatic heterocycles. The summed E-state index contributed by atoms with van der Waals surface area (Å²) in [6.45, 7) is 3.17. The van der Waals surface area contributed by atoms with Crippen LogP contribution in [0.1, 0.15) is 18.9 Å². The zero-order valence-electron chi connectivity index (χ0n) is 13.9. The number of pyridine rings is 1. The van der Waals surface area contributed by atoms with Crippen LogP contribution < -0.4 is 20.5 Å². The molecule has 0 fully saturated rings. The third-order valence-corrected chi connectivity index (χ3v) is 3.03. The van der Waals surface area contributed by atoms with Gasteiger partial charge in [0.25, 0.3) is 0 Å². The lowest BCUT2D eigenvalue weighted by Gasteiger charge is -2.07. The van der Waals surface area contributed by atoms with Gasteiger partial charge in [0.2, 0.25) is 5.88 Å². The fourth-order valence-electron chi connectivity index (χ4n) is 1.86. The number of anilines is 1. The number of aromatic nitrogens is 1. The van der Waals surface area contributed by atoms with Crippen LogP contribution in [0, 0.1) is 0 Å². The Balaban J connectivity index is 0.00000288. The number of hydrogen-bond acceptors (Lipinski definition) is 4. The predicted molar refractivity (Wildman–Crippen MR) is 107 cm³/mol. The van der Waals surface area contributed by atoms with Crippen LogP contribution in [0.2, 0.25) is 0 Å². The number of nitrogens with one attached hydrogen (secondary N) is 1. The highest BCUT2D eigenvalue weighted by atomic mass is 127. The van der Waals surface area contributed by atoms with Crippen molar-refractivity contribution < 1.29 is 9.47 Å². The van der Waals surface area contributed by atoms with Gasteiger partial charge in [0.1, 0.15) is 5.75 Å². The average Bonchev–Trinajstić information content (AvgIpc) is 2.59. The van der Waals surface area contributed by atoms with Crippen molar-refractivity contribution in [3.63, 3.8) is 0 Å². The molecule has 1 aromatic carbocycles. The van der Waals surface area contributed by atoms with E-state index in [9.17, 15) is 0 Å². The first kappa shape index (κ1) is 20.0. The van der Waals surface area contributed by atoms with Crippen LogP contribution in [0.15, 0.2) is 47.6 Å². The van der Waals surface area contributed by atoms with Crippen molar-refractivity contribution in [3.05, 3.63) is 48.2 Å². The van der Waals surface area contributed by atoms with Crippen LogP contribution in [-0.4, -0.2) is 24.7 Å². The molecule has 130 valence electrons. The van der Waals surface area contributed by atoms with Gasteiger partial charge in [0.05, 0.1) is 20.3 Å². The summed E-state index contributed by atoms with van der Waals surface area (Å²) in [5.41, 5.74) is 7.68. The number of nitrogens with zero attached hydrogens (tertiary/aromatic N) is 2. The molecular weight excluding hydrogens is 419 g/mol. The minimum Gasteiger partial charge on any atom is -0.497 e. The molecule has 0 saturated heterocycles. The van der Waals surface area contributed by atoms with Gasteiger partial charge >= 0.3 is 0 Å². The van der Waals surface area contributed by atoms with E-state index in [4.69, 9.17) is 15.2 Å². The van der Waals surface area contributed by atoms with E-state index in [1.807, 2.05) is 36.4 Å². The quantitative estimate of drug-likeness (QED) is 0.390. The van der Waals surface area contributed by atoms with Crippen LogP contribution in [0.5, 0.6) is 11.6 Å². The SMILES string of the molecule is CCCOc1ccc(CN=C(N)Nc2cccc(OC)c2)cn1.I. The monoisotopic (exact) mass is 442 g/mol. The lowest BCUT2D eigenvalue weighted by molar-refractivity contribution is 0.305. The summed E-state index contributed by atoms with van der Waals surface area (Å²) in [7, 11) is 1.62. The first-order chi connectivity index (χ1) is 11.2. The first-order valence-corrected chi connectivity index (χ1v) is 7.50. The molecule has 7 heteroatoms. The summed E-state index contributed by atoms with van der Waals surface area (Å²) in [5, 5.41) is 3.03. The zero-order chi connectivity index (χ0) is 16.5. The summed E-state index contributed by atoms with van der Waals surface area (Å²) >= 11 is 0. The Morgan fingerprint density at radius 2 is 2.12 bits per heavy atom. The van der Waals surface area contributed by atoms with Gasteiger partial charge in [0.15, 0.2) is 5.96 Å². The molecular formula is C17H23IN4O2. The van der Waals surface area contributed by atoms with E-state index >= 15 is 0 Å². The van der Waals surface area contributed by atoms with Gasteiger partial charge < -0.3 is 20.5 Å². The normalized spacial score (nSPS) is 10.7. The molecule has 2 rings (SSSR count). The van der Waals surface area contributed by atoms with E-state index in [1.54, 1.807) is 13.3 Å². The second kappa shape index (κ2) is 10.7. The van der Waals surface area contributed by atoms with E-state index in [-0.39, 0.29) is 24.0 Å². The number of nitrogens with two attached hydrogens (primary N) is 1. The molecule has 0 spiro atoms. The lowest BCUT2D eigenvalue weighted by Crippen LogP contribution is -2.22. The fourth-order valence-corrected chi connectivity index (χ4v) is 1.86. The number of halogens is 1. The third-order valence-electron chi connectivity index (χ3n) is 3.03. The van der Waals surface area contributed by atoms with Crippen molar-refractivity contribution in [2.75, 3.05) is 19.0 Å². The van der Waals surface area contributed by atoms with E-state index in [0.717, 1.165) is 23.4 Å². The predicted octanol–water partition coefficient (Wildman–Crippen LogP) is 3.42. The van der Waals surface area contributed by atoms with Gasteiger partial charge in [-0.2, -0.15) is 0 Å². The molecule has 0 unspecified atom stereocenters. The molecule has 0 saturated carbocycles. The topological polar surface area (TPSA) is 81.8 Å². The van der Waals surface area contributed by atoms with Crippen molar-refractivity contribution in [3.8, 4) is 11.6 Å². The zero-order valence-corrected chi connectivity index (χ0v) is 16.2. The minimum absolute atomic E-state index is 0. The summed E-state index contributed by atoms with van der Waals surface area (Å²) < 4.78 is 10.6. The van der Waals surface area contributed by atoms with Gasteiger partial charge in [0, 0.05) is 24.0 Å². The highest BCUT2D eigenvalue weighted by molar-refractivity contribution is 14.0. The number of guanidine groups is 1. The number of ether oxygens (including phenoxy) is 2. The molecule has 0 radical (unpaired) electrons. The van der Waals surface area contributed by atoms with E-state index in [0.29, 0.717) is 25.0 Å². The molecule has 24 heavy (non-hydrogen) atoms.